The van der Waals surface area contributed by atoms with Gasteiger partial charge in [-0.1, -0.05) is 54.1 Å². The lowest BCUT2D eigenvalue weighted by Crippen LogP contribution is -2.38. The van der Waals surface area contributed by atoms with Gasteiger partial charge in [0.1, 0.15) is 16.7 Å². The summed E-state index contributed by atoms with van der Waals surface area (Å²) in [5, 5.41) is 12.8. The largest absolute Gasteiger partial charge is 0.453 e. The summed E-state index contributed by atoms with van der Waals surface area (Å²) in [4.78, 5) is 31.9. The van der Waals surface area contributed by atoms with Gasteiger partial charge in [0.15, 0.2) is 0 Å². The van der Waals surface area contributed by atoms with E-state index < -0.39 is 12.1 Å². The van der Waals surface area contributed by atoms with E-state index in [1.54, 1.807) is 35.6 Å². The maximum Gasteiger partial charge on any atom is 0.411 e. The van der Waals surface area contributed by atoms with Crippen LogP contribution in [0.25, 0.3) is 11.3 Å². The van der Waals surface area contributed by atoms with Crippen molar-refractivity contribution in [1.29, 1.82) is 0 Å². The predicted molar refractivity (Wildman–Crippen MR) is 138 cm³/mol. The van der Waals surface area contributed by atoms with Crippen molar-refractivity contribution in [3.05, 3.63) is 93.5 Å². The summed E-state index contributed by atoms with van der Waals surface area (Å²) in [6.07, 6.45) is -0.0252. The van der Waals surface area contributed by atoms with Gasteiger partial charge in [-0.25, -0.2) is 14.6 Å². The Hall–Kier alpha value is -3.82. The van der Waals surface area contributed by atoms with Crippen molar-refractivity contribution in [3.8, 4) is 11.3 Å². The molecule has 0 saturated heterocycles. The molecule has 0 spiro atoms. The summed E-state index contributed by atoms with van der Waals surface area (Å²) < 4.78 is 4.61. The van der Waals surface area contributed by atoms with Crippen LogP contribution in [-0.4, -0.2) is 29.2 Å². The Balaban J connectivity index is 1.53. The summed E-state index contributed by atoms with van der Waals surface area (Å²) in [6.45, 7) is 0.434. The Morgan fingerprint density at radius 3 is 2.54 bits per heavy atom. The topological polar surface area (TPSA) is 108 Å². The van der Waals surface area contributed by atoms with Gasteiger partial charge >= 0.3 is 12.1 Å². The molecule has 2 heterocycles. The van der Waals surface area contributed by atoms with Gasteiger partial charge in [-0.15, -0.1) is 0 Å². The SMILES string of the molecule is COC(=O)Nc1ccc(-c2nc([C@H](Cc3ccccc3)NC(=O)NCc3ccsc3)[nH]c2Cl)cc1. The number of hydrogen-bond acceptors (Lipinski definition) is 5. The molecule has 35 heavy (non-hydrogen) atoms. The molecule has 0 aliphatic carbocycles. The Morgan fingerprint density at radius 1 is 1.09 bits per heavy atom. The van der Waals surface area contributed by atoms with Gasteiger partial charge in [0.25, 0.3) is 0 Å². The molecular weight excluding hydrogens is 486 g/mol. The van der Waals surface area contributed by atoms with Crippen LogP contribution in [-0.2, 0) is 17.7 Å². The van der Waals surface area contributed by atoms with Crippen LogP contribution in [0, 0.1) is 0 Å². The predicted octanol–water partition coefficient (Wildman–Crippen LogP) is 5.75. The van der Waals surface area contributed by atoms with Gasteiger partial charge < -0.3 is 20.4 Å². The minimum atomic E-state index is -0.551. The number of carbonyl (C=O) groups excluding carboxylic acids is 2. The van der Waals surface area contributed by atoms with E-state index in [0.717, 1.165) is 16.7 Å². The summed E-state index contributed by atoms with van der Waals surface area (Å²) in [5.41, 5.74) is 3.97. The van der Waals surface area contributed by atoms with Crippen LogP contribution < -0.4 is 16.0 Å². The highest BCUT2D eigenvalue weighted by Crippen LogP contribution is 2.29. The lowest BCUT2D eigenvalue weighted by atomic mass is 10.1. The number of rotatable bonds is 8. The van der Waals surface area contributed by atoms with Crippen molar-refractivity contribution in [3.63, 3.8) is 0 Å². The van der Waals surface area contributed by atoms with Crippen LogP contribution in [0.3, 0.4) is 0 Å². The zero-order valence-electron chi connectivity index (χ0n) is 18.9. The number of nitrogens with one attached hydrogen (secondary N) is 4. The number of methoxy groups -OCH3 is 1. The molecule has 4 N–H and O–H groups in total. The smallest absolute Gasteiger partial charge is 0.411 e. The van der Waals surface area contributed by atoms with Gasteiger partial charge in [0.2, 0.25) is 0 Å². The lowest BCUT2D eigenvalue weighted by molar-refractivity contribution is 0.187. The van der Waals surface area contributed by atoms with Crippen molar-refractivity contribution in [2.75, 3.05) is 12.4 Å². The number of carbonyl (C=O) groups is 2. The number of imidazole rings is 1. The minimum absolute atomic E-state index is 0.301. The molecule has 2 aromatic carbocycles. The number of H-pyrrole nitrogens is 1. The van der Waals surface area contributed by atoms with Crippen LogP contribution in [0.2, 0.25) is 5.15 Å². The first-order valence-electron chi connectivity index (χ1n) is 10.8. The second kappa shape index (κ2) is 11.5. The normalized spacial score (nSPS) is 11.5. The number of hydrogen-bond donors (Lipinski definition) is 4. The Kier molecular flexibility index (Phi) is 8.02. The summed E-state index contributed by atoms with van der Waals surface area (Å²) in [5.74, 6) is 0.538. The molecule has 4 rings (SSSR count). The third-order valence-electron chi connectivity index (χ3n) is 5.22. The van der Waals surface area contributed by atoms with E-state index in [9.17, 15) is 9.59 Å². The van der Waals surface area contributed by atoms with Crippen LogP contribution in [0.15, 0.2) is 71.4 Å². The van der Waals surface area contributed by atoms with Crippen molar-refractivity contribution in [1.82, 2.24) is 20.6 Å². The third-order valence-corrected chi connectivity index (χ3v) is 6.22. The number of benzene rings is 2. The molecule has 0 bridgehead atoms. The monoisotopic (exact) mass is 509 g/mol. The van der Waals surface area contributed by atoms with Gasteiger partial charge in [0, 0.05) is 17.8 Å². The molecule has 0 saturated carbocycles. The second-order valence-corrected chi connectivity index (χ2v) is 8.84. The lowest BCUT2D eigenvalue weighted by Gasteiger charge is -2.17. The van der Waals surface area contributed by atoms with Crippen LogP contribution in [0.5, 0.6) is 0 Å². The Morgan fingerprint density at radius 2 is 1.86 bits per heavy atom. The second-order valence-electron chi connectivity index (χ2n) is 7.68. The highest BCUT2D eigenvalue weighted by Gasteiger charge is 2.21. The zero-order valence-corrected chi connectivity index (χ0v) is 20.5. The Labute approximate surface area is 211 Å². The van der Waals surface area contributed by atoms with E-state index >= 15 is 0 Å². The average molecular weight is 510 g/mol. The molecule has 0 unspecified atom stereocenters. The van der Waals surface area contributed by atoms with E-state index in [1.165, 1.54) is 7.11 Å². The molecule has 2 aromatic heterocycles. The first-order chi connectivity index (χ1) is 17.0. The fourth-order valence-electron chi connectivity index (χ4n) is 3.46. The first-order valence-corrected chi connectivity index (χ1v) is 12.1. The molecule has 0 fully saturated rings. The maximum absolute atomic E-state index is 12.7. The number of urea groups is 1. The van der Waals surface area contributed by atoms with E-state index in [2.05, 4.69) is 25.7 Å². The van der Waals surface area contributed by atoms with Gasteiger partial charge in [-0.2, -0.15) is 11.3 Å². The van der Waals surface area contributed by atoms with E-state index in [1.807, 2.05) is 47.2 Å². The van der Waals surface area contributed by atoms with Crippen LogP contribution in [0.1, 0.15) is 23.0 Å². The highest BCUT2D eigenvalue weighted by atomic mass is 35.5. The first kappa shape index (κ1) is 24.3. The number of thiophene rings is 1. The third kappa shape index (κ3) is 6.62. The van der Waals surface area contributed by atoms with E-state index in [-0.39, 0.29) is 6.03 Å². The zero-order chi connectivity index (χ0) is 24.6. The summed E-state index contributed by atoms with van der Waals surface area (Å²) >= 11 is 8.09. The van der Waals surface area contributed by atoms with Crippen molar-refractivity contribution < 1.29 is 14.3 Å². The summed E-state index contributed by atoms with van der Waals surface area (Å²) in [7, 11) is 1.30. The van der Waals surface area contributed by atoms with Crippen molar-refractivity contribution in [2.24, 2.45) is 0 Å². The quantitative estimate of drug-likeness (QED) is 0.242. The number of aromatic nitrogens is 2. The molecule has 0 aliphatic rings. The number of amides is 3. The molecule has 0 radical (unpaired) electrons. The molecule has 0 aliphatic heterocycles. The average Bonchev–Trinajstić information content (AvgIpc) is 3.53. The molecule has 4 aromatic rings. The number of ether oxygens (including phenoxy) is 1. The Bertz CT molecular complexity index is 1260. The number of nitrogens with zero attached hydrogens (tertiary/aromatic N) is 1. The number of aromatic amines is 1. The minimum Gasteiger partial charge on any atom is -0.453 e. The summed E-state index contributed by atoms with van der Waals surface area (Å²) in [6, 6.07) is 18.1. The molecule has 10 heteroatoms. The van der Waals surface area contributed by atoms with Crippen LogP contribution >= 0.6 is 22.9 Å². The molecular formula is C25H24ClN5O3S. The van der Waals surface area contributed by atoms with Gasteiger partial charge in [-0.3, -0.25) is 5.32 Å². The number of anilines is 1. The van der Waals surface area contributed by atoms with Gasteiger partial charge in [0.05, 0.1) is 13.2 Å². The molecule has 3 amide bonds. The standard InChI is InChI=1S/C25H24ClN5O3S/c1-34-25(33)28-19-9-7-18(8-10-19)21-22(26)31-23(30-21)20(13-16-5-3-2-4-6-16)29-24(32)27-14-17-11-12-35-15-17/h2-12,15,20H,13-14H2,1H3,(H,28,33)(H,30,31)(H2,27,29,32)/t20-/m0/s1. The van der Waals surface area contributed by atoms with Crippen molar-refractivity contribution in [2.45, 2.75) is 19.0 Å². The number of halogens is 1. The molecule has 180 valence electrons. The fourth-order valence-corrected chi connectivity index (χ4v) is 4.37. The van der Waals surface area contributed by atoms with Crippen LogP contribution in [0.4, 0.5) is 15.3 Å². The van der Waals surface area contributed by atoms with E-state index in [4.69, 9.17) is 16.6 Å². The highest BCUT2D eigenvalue weighted by molar-refractivity contribution is 7.07. The van der Waals surface area contributed by atoms with Gasteiger partial charge in [-0.05, 0) is 46.5 Å². The van der Waals surface area contributed by atoms with Crippen molar-refractivity contribution >= 4 is 40.7 Å². The fraction of sp³-hybridized carbons (Fsp3) is 0.160. The maximum atomic E-state index is 12.7. The van der Waals surface area contributed by atoms with E-state index in [0.29, 0.717) is 35.3 Å². The molecule has 1 atom stereocenters. The molecule has 8 nitrogen and oxygen atoms in total.